The Kier molecular flexibility index (Phi) is 4.82. The highest BCUT2D eigenvalue weighted by atomic mass is 16.4. The summed E-state index contributed by atoms with van der Waals surface area (Å²) in [6.45, 7) is 9.90. The van der Waals surface area contributed by atoms with Crippen LogP contribution in [0.25, 0.3) is 11.0 Å². The van der Waals surface area contributed by atoms with E-state index in [1.807, 2.05) is 25.1 Å². The van der Waals surface area contributed by atoms with Crippen LogP contribution in [-0.4, -0.2) is 7.05 Å². The van der Waals surface area contributed by atoms with Crippen LogP contribution in [0, 0.1) is 13.8 Å². The fourth-order valence-electron chi connectivity index (χ4n) is 3.42. The van der Waals surface area contributed by atoms with Gasteiger partial charge in [0.2, 0.25) is 0 Å². The summed E-state index contributed by atoms with van der Waals surface area (Å²) in [5, 5.41) is 1.03. The van der Waals surface area contributed by atoms with Gasteiger partial charge in [0.25, 0.3) is 0 Å². The Balaban J connectivity index is 1.96. The Bertz CT molecular complexity index is 949. The van der Waals surface area contributed by atoms with Crippen LogP contribution >= 0.6 is 0 Å². The van der Waals surface area contributed by atoms with Gasteiger partial charge in [-0.1, -0.05) is 13.8 Å². The molecule has 3 rings (SSSR count). The van der Waals surface area contributed by atoms with Gasteiger partial charge in [-0.3, -0.25) is 0 Å². The molecule has 0 radical (unpaired) electrons. The molecule has 0 fully saturated rings. The van der Waals surface area contributed by atoms with E-state index in [-0.39, 0.29) is 5.63 Å². The number of hydrogen-bond donors (Lipinski definition) is 1. The lowest BCUT2D eigenvalue weighted by Crippen LogP contribution is -3.06. The highest BCUT2D eigenvalue weighted by Crippen LogP contribution is 2.26. The summed E-state index contributed by atoms with van der Waals surface area (Å²) in [6.07, 6.45) is 0. The summed E-state index contributed by atoms with van der Waals surface area (Å²) in [4.78, 5) is 13.2. The second kappa shape index (κ2) is 6.89. The van der Waals surface area contributed by atoms with Crippen LogP contribution < -0.4 is 10.5 Å². The van der Waals surface area contributed by atoms with Crippen molar-refractivity contribution in [3.05, 3.63) is 69.0 Å². The molecule has 0 aliphatic heterocycles. The van der Waals surface area contributed by atoms with E-state index in [1.54, 1.807) is 6.07 Å². The van der Waals surface area contributed by atoms with Gasteiger partial charge in [0, 0.05) is 17.0 Å². The van der Waals surface area contributed by atoms with E-state index >= 15 is 0 Å². The average molecular weight is 340 g/mol. The smallest absolute Gasteiger partial charge is 0.336 e. The maximum Gasteiger partial charge on any atom is 0.336 e. The maximum absolute atomic E-state index is 12.0. The van der Waals surface area contributed by atoms with Crippen LogP contribution in [0.2, 0.25) is 0 Å². The largest absolute Gasteiger partial charge is 0.460 e. The molecule has 1 N–H and O–H groups in total. The summed E-state index contributed by atoms with van der Waals surface area (Å²) in [7, 11) is 2.11. The normalized spacial score (nSPS) is 12.9. The molecule has 25 heavy (non-hydrogen) atoms. The molecule has 0 spiro atoms. The Morgan fingerprint density at radius 2 is 1.80 bits per heavy atom. The number of quaternary nitrogens is 1. The third-order valence-electron chi connectivity index (χ3n) is 4.60. The van der Waals surface area contributed by atoms with Gasteiger partial charge in [-0.25, -0.2) is 4.79 Å². The number of aryl methyl sites for hydroxylation is 2. The molecule has 1 atom stereocenters. The van der Waals surface area contributed by atoms with Gasteiger partial charge in [-0.15, -0.1) is 0 Å². The molecular formula is C21H26NO3+. The summed E-state index contributed by atoms with van der Waals surface area (Å²) in [5.41, 5.74) is 3.86. The molecule has 2 heterocycles. The van der Waals surface area contributed by atoms with E-state index in [1.165, 1.54) is 10.5 Å². The van der Waals surface area contributed by atoms with Gasteiger partial charge in [0.15, 0.2) is 5.76 Å². The molecule has 2 aromatic heterocycles. The first-order chi connectivity index (χ1) is 11.8. The molecule has 4 nitrogen and oxygen atoms in total. The Morgan fingerprint density at radius 1 is 1.04 bits per heavy atom. The van der Waals surface area contributed by atoms with Crippen LogP contribution in [-0.2, 0) is 13.1 Å². The van der Waals surface area contributed by atoms with Gasteiger partial charge >= 0.3 is 5.63 Å². The minimum atomic E-state index is -0.291. The zero-order valence-electron chi connectivity index (χ0n) is 15.6. The van der Waals surface area contributed by atoms with E-state index in [0.717, 1.165) is 41.1 Å². The molecule has 0 aliphatic rings. The van der Waals surface area contributed by atoms with Gasteiger partial charge in [-0.2, -0.15) is 0 Å². The second-order valence-electron chi connectivity index (χ2n) is 7.27. The van der Waals surface area contributed by atoms with Crippen molar-refractivity contribution in [1.29, 1.82) is 0 Å². The Hall–Kier alpha value is -2.33. The maximum atomic E-state index is 12.0. The topological polar surface area (TPSA) is 47.8 Å². The standard InChI is InChI=1S/C21H25NO3/c1-13(2)18-10-19-16(9-21(23)25-20(19)8-14(18)3)11-22(5)12-17-7-6-15(4)24-17/h6-10,13H,11-12H2,1-5H3/p+1. The van der Waals surface area contributed by atoms with Crippen molar-refractivity contribution in [2.45, 2.75) is 46.7 Å². The second-order valence-corrected chi connectivity index (χ2v) is 7.27. The quantitative estimate of drug-likeness (QED) is 0.725. The summed E-state index contributed by atoms with van der Waals surface area (Å²) < 4.78 is 11.1. The van der Waals surface area contributed by atoms with Crippen molar-refractivity contribution in [2.24, 2.45) is 0 Å². The van der Waals surface area contributed by atoms with Crippen LogP contribution in [0.3, 0.4) is 0 Å². The molecular weight excluding hydrogens is 314 g/mol. The molecule has 1 unspecified atom stereocenters. The van der Waals surface area contributed by atoms with Crippen LogP contribution in [0.4, 0.5) is 0 Å². The van der Waals surface area contributed by atoms with Crippen molar-refractivity contribution in [3.63, 3.8) is 0 Å². The summed E-state index contributed by atoms with van der Waals surface area (Å²) >= 11 is 0. The highest BCUT2D eigenvalue weighted by Gasteiger charge is 2.15. The third-order valence-corrected chi connectivity index (χ3v) is 4.60. The third kappa shape index (κ3) is 3.85. The van der Waals surface area contributed by atoms with Crippen LogP contribution in [0.1, 0.15) is 48.0 Å². The molecule has 132 valence electrons. The SMILES string of the molecule is Cc1ccc(C[NH+](C)Cc2cc(=O)oc3cc(C)c(C(C)C)cc23)o1. The number of rotatable bonds is 5. The van der Waals surface area contributed by atoms with Crippen molar-refractivity contribution < 1.29 is 13.7 Å². The molecule has 3 aromatic rings. The minimum absolute atomic E-state index is 0.291. The fourth-order valence-corrected chi connectivity index (χ4v) is 3.42. The minimum Gasteiger partial charge on any atom is -0.460 e. The lowest BCUT2D eigenvalue weighted by atomic mass is 9.95. The molecule has 0 saturated carbocycles. The van der Waals surface area contributed by atoms with E-state index in [9.17, 15) is 4.79 Å². The molecule has 0 aliphatic carbocycles. The molecule has 0 saturated heterocycles. The first-order valence-electron chi connectivity index (χ1n) is 8.77. The van der Waals surface area contributed by atoms with E-state index in [0.29, 0.717) is 11.5 Å². The average Bonchev–Trinajstić information content (AvgIpc) is 2.90. The van der Waals surface area contributed by atoms with Gasteiger partial charge in [0.1, 0.15) is 24.4 Å². The van der Waals surface area contributed by atoms with Crippen molar-refractivity contribution in [1.82, 2.24) is 0 Å². The number of hydrogen-bond acceptors (Lipinski definition) is 3. The van der Waals surface area contributed by atoms with E-state index < -0.39 is 0 Å². The molecule has 1 aromatic carbocycles. The van der Waals surface area contributed by atoms with E-state index in [4.69, 9.17) is 8.83 Å². The molecule has 0 amide bonds. The van der Waals surface area contributed by atoms with Gasteiger partial charge < -0.3 is 13.7 Å². The highest BCUT2D eigenvalue weighted by molar-refractivity contribution is 5.82. The summed E-state index contributed by atoms with van der Waals surface area (Å²) in [5.74, 6) is 2.31. The number of nitrogens with one attached hydrogen (secondary N) is 1. The molecule has 0 bridgehead atoms. The summed E-state index contributed by atoms with van der Waals surface area (Å²) in [6, 6.07) is 9.78. The first-order valence-corrected chi connectivity index (χ1v) is 8.77. The monoisotopic (exact) mass is 340 g/mol. The number of fused-ring (bicyclic) bond motifs is 1. The van der Waals surface area contributed by atoms with Crippen LogP contribution in [0.5, 0.6) is 0 Å². The van der Waals surface area contributed by atoms with Crippen molar-refractivity contribution >= 4 is 11.0 Å². The van der Waals surface area contributed by atoms with E-state index in [2.05, 4.69) is 33.9 Å². The van der Waals surface area contributed by atoms with Crippen molar-refractivity contribution in [2.75, 3.05) is 7.05 Å². The predicted octanol–water partition coefficient (Wildman–Crippen LogP) is 3.34. The lowest BCUT2D eigenvalue weighted by molar-refractivity contribution is -0.908. The van der Waals surface area contributed by atoms with Gasteiger partial charge in [-0.05, 0) is 55.2 Å². The zero-order valence-corrected chi connectivity index (χ0v) is 15.6. The lowest BCUT2D eigenvalue weighted by Gasteiger charge is -2.16. The first kappa shape index (κ1) is 17.5. The van der Waals surface area contributed by atoms with Crippen molar-refractivity contribution in [3.8, 4) is 0 Å². The Morgan fingerprint density at radius 3 is 2.44 bits per heavy atom. The van der Waals surface area contributed by atoms with Crippen LogP contribution in [0.15, 0.2) is 44.0 Å². The molecule has 4 heteroatoms. The number of benzene rings is 1. The predicted molar refractivity (Wildman–Crippen MR) is 99.0 cm³/mol. The Labute approximate surface area is 148 Å². The zero-order chi connectivity index (χ0) is 18.1. The van der Waals surface area contributed by atoms with Gasteiger partial charge in [0.05, 0.1) is 7.05 Å². The fraction of sp³-hybridized carbons (Fsp3) is 0.381. The number of furan rings is 1.